The van der Waals surface area contributed by atoms with E-state index < -0.39 is 0 Å². The van der Waals surface area contributed by atoms with Crippen LogP contribution in [0.4, 0.5) is 0 Å². The molecule has 0 unspecified atom stereocenters. The number of halogens is 1. The third-order valence-electron chi connectivity index (χ3n) is 3.15. The molecule has 1 aromatic carbocycles. The number of hydrogen-bond donors (Lipinski definition) is 0. The maximum atomic E-state index is 9.18. The average Bonchev–Trinajstić information content (AvgIpc) is 2.89. The number of carbonyl (C=O) groups excluding carboxylic acids is 1. The monoisotopic (exact) mass is 345 g/mol. The summed E-state index contributed by atoms with van der Waals surface area (Å²) in [7, 11) is 0. The van der Waals surface area contributed by atoms with E-state index in [9.17, 15) is 4.79 Å². The highest BCUT2D eigenvalue weighted by atomic mass is 35.5. The van der Waals surface area contributed by atoms with Crippen LogP contribution in [-0.4, -0.2) is 22.6 Å². The molecule has 6 heteroatoms. The Morgan fingerprint density at radius 1 is 1.54 bits per heavy atom. The molecule has 0 fully saturated rings. The van der Waals surface area contributed by atoms with Crippen LogP contribution in [0, 0.1) is 18.3 Å². The Hall–Kier alpha value is -2.58. The molecule has 5 nitrogen and oxygen atoms in total. The van der Waals surface area contributed by atoms with Gasteiger partial charge in [0.2, 0.25) is 0 Å². The van der Waals surface area contributed by atoms with Crippen molar-refractivity contribution >= 4 is 18.1 Å². The molecule has 0 aliphatic rings. The first-order valence-corrected chi connectivity index (χ1v) is 7.74. The van der Waals surface area contributed by atoms with Crippen molar-refractivity contribution in [3.05, 3.63) is 58.7 Å². The van der Waals surface area contributed by atoms with Crippen molar-refractivity contribution in [3.8, 4) is 11.8 Å². The second-order valence-corrected chi connectivity index (χ2v) is 5.52. The minimum absolute atomic E-state index is 0.431. The van der Waals surface area contributed by atoms with Gasteiger partial charge in [-0.15, -0.1) is 0 Å². The van der Waals surface area contributed by atoms with E-state index in [1.807, 2.05) is 24.5 Å². The number of hydrogen-bond acceptors (Lipinski definition) is 4. The Labute approximate surface area is 147 Å². The zero-order chi connectivity index (χ0) is 18.1. The first-order chi connectivity index (χ1) is 11.4. The molecule has 1 aromatic heterocycles. The molecule has 0 radical (unpaired) electrons. The van der Waals surface area contributed by atoms with Crippen molar-refractivity contribution in [1.29, 1.82) is 5.26 Å². The first kappa shape index (κ1) is 19.5. The van der Waals surface area contributed by atoms with Gasteiger partial charge >= 0.3 is 0 Å². The van der Waals surface area contributed by atoms with Gasteiger partial charge in [0.15, 0.2) is 0 Å². The van der Waals surface area contributed by atoms with Crippen LogP contribution in [0.1, 0.15) is 30.8 Å². The van der Waals surface area contributed by atoms with Gasteiger partial charge in [-0.3, -0.25) is 4.79 Å². The second-order valence-electron chi connectivity index (χ2n) is 5.11. The number of allylic oxidation sites excluding steroid dienone is 1. The van der Waals surface area contributed by atoms with Gasteiger partial charge in [0.25, 0.3) is 6.47 Å². The predicted octanol–water partition coefficient (Wildman–Crippen LogP) is 4.00. The molecule has 0 saturated heterocycles. The zero-order valence-electron chi connectivity index (χ0n) is 14.0. The lowest BCUT2D eigenvalue weighted by atomic mass is 10.1. The topological polar surface area (TPSA) is 67.9 Å². The number of aromatic nitrogens is 2. The van der Waals surface area contributed by atoms with Crippen LogP contribution in [0.5, 0.6) is 0 Å². The van der Waals surface area contributed by atoms with E-state index in [2.05, 4.69) is 22.4 Å². The lowest BCUT2D eigenvalue weighted by molar-refractivity contribution is -0.128. The Bertz CT molecular complexity index is 760. The van der Waals surface area contributed by atoms with Crippen LogP contribution in [0.2, 0.25) is 5.02 Å². The summed E-state index contributed by atoms with van der Waals surface area (Å²) in [4.78, 5) is 13.6. The van der Waals surface area contributed by atoms with E-state index in [1.165, 1.54) is 0 Å². The van der Waals surface area contributed by atoms with Gasteiger partial charge in [-0.1, -0.05) is 23.8 Å². The third kappa shape index (κ3) is 5.25. The molecule has 2 rings (SSSR count). The Morgan fingerprint density at radius 2 is 2.25 bits per heavy atom. The number of nitriles is 1. The van der Waals surface area contributed by atoms with Gasteiger partial charge in [0, 0.05) is 12.1 Å². The Morgan fingerprint density at radius 3 is 2.71 bits per heavy atom. The minimum Gasteiger partial charge on any atom is -0.468 e. The molecular formula is C18H20ClN3O2. The molecule has 24 heavy (non-hydrogen) atoms. The van der Waals surface area contributed by atoms with Crippen molar-refractivity contribution in [1.82, 2.24) is 9.55 Å². The fourth-order valence-corrected chi connectivity index (χ4v) is 2.26. The van der Waals surface area contributed by atoms with Crippen molar-refractivity contribution in [2.24, 2.45) is 0 Å². The summed E-state index contributed by atoms with van der Waals surface area (Å²) in [5.74, 6) is 0. The summed E-state index contributed by atoms with van der Waals surface area (Å²) >= 11 is 6.21. The summed E-state index contributed by atoms with van der Waals surface area (Å²) in [6, 6.07) is 7.32. The summed E-state index contributed by atoms with van der Waals surface area (Å²) in [6.07, 6.45) is 2.51. The second kappa shape index (κ2) is 9.53. The van der Waals surface area contributed by atoms with E-state index in [0.29, 0.717) is 23.7 Å². The largest absolute Gasteiger partial charge is 0.468 e. The van der Waals surface area contributed by atoms with Gasteiger partial charge in [-0.25, -0.2) is 4.98 Å². The molecule has 0 saturated carbocycles. The number of benzene rings is 1. The van der Waals surface area contributed by atoms with Crippen LogP contribution in [0.15, 0.2) is 36.7 Å². The number of rotatable bonds is 5. The van der Waals surface area contributed by atoms with E-state index in [-0.39, 0.29) is 0 Å². The molecule has 0 N–H and O–H groups in total. The fraction of sp³-hybridized carbons (Fsp3) is 0.278. The maximum Gasteiger partial charge on any atom is 0.293 e. The van der Waals surface area contributed by atoms with E-state index in [0.717, 1.165) is 29.1 Å². The van der Waals surface area contributed by atoms with Gasteiger partial charge in [-0.2, -0.15) is 5.26 Å². The van der Waals surface area contributed by atoms with E-state index in [1.54, 1.807) is 25.4 Å². The molecule has 126 valence electrons. The maximum absolute atomic E-state index is 9.18. The number of ether oxygens (including phenoxy) is 1. The summed E-state index contributed by atoms with van der Waals surface area (Å²) in [5.41, 5.74) is 4.48. The zero-order valence-corrected chi connectivity index (χ0v) is 14.8. The predicted molar refractivity (Wildman–Crippen MR) is 94.2 cm³/mol. The molecule has 0 bridgehead atoms. The number of nitrogens with zero attached hydrogens (tertiary/aromatic N) is 3. The number of carbonyl (C=O) groups is 1. The van der Waals surface area contributed by atoms with Crippen molar-refractivity contribution in [2.45, 2.75) is 27.2 Å². The highest BCUT2D eigenvalue weighted by molar-refractivity contribution is 6.32. The lowest BCUT2D eigenvalue weighted by Crippen LogP contribution is -1.98. The van der Waals surface area contributed by atoms with Crippen LogP contribution in [0.3, 0.4) is 0 Å². The fourth-order valence-electron chi connectivity index (χ4n) is 1.99. The smallest absolute Gasteiger partial charge is 0.293 e. The average molecular weight is 346 g/mol. The standard InChI is InChI=1S/C15H14ClN3.C3H6O2/c1-10(2)6-14-11(3)19(9-18-14)15-5-4-12(8-17)7-13(15)16;1-2-5-3-4/h4-5,7,9H,1,6H2,2-3H3;3H,2H2,1H3. The summed E-state index contributed by atoms with van der Waals surface area (Å²) in [6.45, 7) is 10.5. The molecule has 0 spiro atoms. The van der Waals surface area contributed by atoms with Crippen LogP contribution in [0.25, 0.3) is 5.69 Å². The van der Waals surface area contributed by atoms with Crippen LogP contribution < -0.4 is 0 Å². The SMILES string of the molecule is C=C(C)Cc1ncn(-c2ccc(C#N)cc2Cl)c1C.CCOC=O. The highest BCUT2D eigenvalue weighted by Crippen LogP contribution is 2.24. The quantitative estimate of drug-likeness (QED) is 0.606. The molecule has 0 atom stereocenters. The van der Waals surface area contributed by atoms with Gasteiger partial charge < -0.3 is 9.30 Å². The molecule has 0 aliphatic heterocycles. The van der Waals surface area contributed by atoms with E-state index >= 15 is 0 Å². The lowest BCUT2D eigenvalue weighted by Gasteiger charge is -2.08. The summed E-state index contributed by atoms with van der Waals surface area (Å²) < 4.78 is 6.09. The van der Waals surface area contributed by atoms with Crippen molar-refractivity contribution in [3.63, 3.8) is 0 Å². The van der Waals surface area contributed by atoms with Crippen LogP contribution >= 0.6 is 11.6 Å². The Kier molecular flexibility index (Phi) is 7.73. The molecule has 2 aromatic rings. The molecule has 0 aliphatic carbocycles. The molecular weight excluding hydrogens is 326 g/mol. The molecule has 1 heterocycles. The van der Waals surface area contributed by atoms with Gasteiger partial charge in [-0.05, 0) is 39.0 Å². The summed E-state index contributed by atoms with van der Waals surface area (Å²) in [5, 5.41) is 9.39. The third-order valence-corrected chi connectivity index (χ3v) is 3.45. The van der Waals surface area contributed by atoms with Crippen LogP contribution in [-0.2, 0) is 16.0 Å². The van der Waals surface area contributed by atoms with Gasteiger partial charge in [0.05, 0.1) is 41.0 Å². The van der Waals surface area contributed by atoms with Gasteiger partial charge in [0.1, 0.15) is 0 Å². The Balaban J connectivity index is 0.000000505. The van der Waals surface area contributed by atoms with Crippen molar-refractivity contribution < 1.29 is 9.53 Å². The first-order valence-electron chi connectivity index (χ1n) is 7.37. The van der Waals surface area contributed by atoms with E-state index in [4.69, 9.17) is 16.9 Å². The minimum atomic E-state index is 0.431. The normalized spacial score (nSPS) is 9.46. The molecule has 0 amide bonds. The highest BCUT2D eigenvalue weighted by Gasteiger charge is 2.11. The number of imidazole rings is 1. The van der Waals surface area contributed by atoms with Crippen molar-refractivity contribution in [2.75, 3.05) is 6.61 Å².